The predicted octanol–water partition coefficient (Wildman–Crippen LogP) is 12.1. The normalized spacial score (nSPS) is 27.2. The van der Waals surface area contributed by atoms with Crippen LogP contribution >= 0.6 is 11.3 Å². The van der Waals surface area contributed by atoms with Gasteiger partial charge in [-0.1, -0.05) is 94.4 Å². The van der Waals surface area contributed by atoms with Crippen molar-refractivity contribution in [2.24, 2.45) is 23.2 Å². The number of allylic oxidation sites excluding steroid dienone is 2. The molecule has 0 saturated heterocycles. The van der Waals surface area contributed by atoms with Gasteiger partial charge >= 0.3 is 12.1 Å². The Morgan fingerprint density at radius 2 is 1.60 bits per heavy atom. The Morgan fingerprint density at radius 3 is 2.13 bits per heavy atom. The highest BCUT2D eigenvalue weighted by Crippen LogP contribution is 2.42. The van der Waals surface area contributed by atoms with Crippen molar-refractivity contribution in [2.45, 2.75) is 164 Å². The first kappa shape index (κ1) is 46.3. The lowest BCUT2D eigenvalue weighted by Crippen LogP contribution is -2.50. The molecule has 296 valence electrons. The molecule has 1 aromatic heterocycles. The number of ether oxygens (including phenoxy) is 1. The zero-order chi connectivity index (χ0) is 40.3. The summed E-state index contributed by atoms with van der Waals surface area (Å²) in [4.78, 5) is 32.5. The number of nitrogens with zero attached hydrogens (tertiary/aromatic N) is 1. The van der Waals surface area contributed by atoms with Gasteiger partial charge in [0.15, 0.2) is 16.6 Å². The van der Waals surface area contributed by atoms with Gasteiger partial charge in [-0.25, -0.2) is 4.98 Å². The summed E-state index contributed by atoms with van der Waals surface area (Å²) < 4.78 is 62.3. The Kier molecular flexibility index (Phi) is 15.4. The van der Waals surface area contributed by atoms with Gasteiger partial charge in [-0.3, -0.25) is 9.59 Å². The summed E-state index contributed by atoms with van der Waals surface area (Å²) in [5.74, 6) is -1.93. The first-order valence-corrected chi connectivity index (χ1v) is 25.2. The van der Waals surface area contributed by atoms with Crippen LogP contribution in [-0.2, 0) is 29.8 Å². The van der Waals surface area contributed by atoms with E-state index in [1.807, 2.05) is 40.0 Å². The quantitative estimate of drug-likeness (QED) is 0.156. The standard InChI is InChI=1S/C40H66F3NO5SSi2/c1-26-18-17-19-30(40(41,42)43)20-21-32(27(2)22-31-25-50-33(44-31)24-47-51(13,14)37(5,6)7)48-34(45)23-28(3)39(11,12)36(46)29(4)35(26)49-52(15,16)38(8,9)10/h17-18,20,22,25-26,28-29,32,35H,19,21,23-24H2,1-16H3/b18-17+,27-22-,30-20+/t26-,28-,29+,32?,35-/m0/s1. The predicted molar refractivity (Wildman–Crippen MR) is 213 cm³/mol. The van der Waals surface area contributed by atoms with E-state index in [2.05, 4.69) is 67.7 Å². The van der Waals surface area contributed by atoms with Crippen molar-refractivity contribution in [3.63, 3.8) is 0 Å². The molecule has 0 bridgehead atoms. The molecule has 0 fully saturated rings. The number of halogens is 3. The minimum absolute atomic E-state index is 0.0498. The molecular weight excluding hydrogens is 720 g/mol. The van der Waals surface area contributed by atoms with Crippen LogP contribution in [0.2, 0.25) is 36.3 Å². The SMILES string of the molecule is C/C(=C/c1csc(CO[Si](C)(C)C(C)(C)C)n1)C1C/C=C(/C(F)(F)F)C/C=C/[C@H](C)[C@H](O[Si](C)(C)C(C)(C)C)[C@@H](C)C(=O)C(C)(C)[C@@H](C)CC(=O)O1. The van der Waals surface area contributed by atoms with E-state index in [-0.39, 0.29) is 41.0 Å². The van der Waals surface area contributed by atoms with E-state index in [1.54, 1.807) is 19.1 Å². The van der Waals surface area contributed by atoms with Crippen LogP contribution in [-0.4, -0.2) is 51.8 Å². The number of rotatable bonds is 7. The van der Waals surface area contributed by atoms with Crippen LogP contribution < -0.4 is 0 Å². The van der Waals surface area contributed by atoms with Gasteiger partial charge in [0.05, 0.1) is 18.4 Å². The third-order valence-corrected chi connectivity index (χ3v) is 21.6. The van der Waals surface area contributed by atoms with Gasteiger partial charge in [0, 0.05) is 35.1 Å². The van der Waals surface area contributed by atoms with Crippen LogP contribution in [0.5, 0.6) is 0 Å². The van der Waals surface area contributed by atoms with E-state index in [0.717, 1.165) is 11.1 Å². The number of esters is 1. The van der Waals surface area contributed by atoms with Crippen molar-refractivity contribution >= 4 is 45.8 Å². The van der Waals surface area contributed by atoms with E-state index in [9.17, 15) is 22.8 Å². The average Bonchev–Trinajstić information content (AvgIpc) is 3.43. The highest BCUT2D eigenvalue weighted by atomic mass is 32.1. The lowest BCUT2D eigenvalue weighted by molar-refractivity contribution is -0.150. The van der Waals surface area contributed by atoms with Gasteiger partial charge in [0.1, 0.15) is 16.9 Å². The van der Waals surface area contributed by atoms with Crippen LogP contribution in [0, 0.1) is 23.2 Å². The van der Waals surface area contributed by atoms with Crippen molar-refractivity contribution in [3.05, 3.63) is 45.5 Å². The second-order valence-corrected chi connectivity index (χ2v) is 28.9. The number of alkyl halides is 3. The molecule has 2 heterocycles. The molecule has 5 atom stereocenters. The van der Waals surface area contributed by atoms with Crippen molar-refractivity contribution in [2.75, 3.05) is 0 Å². The molecule has 0 aliphatic carbocycles. The zero-order valence-electron chi connectivity index (χ0n) is 34.6. The minimum Gasteiger partial charge on any atom is -0.457 e. The fourth-order valence-electron chi connectivity index (χ4n) is 5.53. The molecule has 0 aromatic carbocycles. The molecule has 1 aromatic rings. The molecule has 52 heavy (non-hydrogen) atoms. The van der Waals surface area contributed by atoms with Crippen molar-refractivity contribution in [3.8, 4) is 0 Å². The van der Waals surface area contributed by atoms with Gasteiger partial charge in [-0.2, -0.15) is 13.2 Å². The first-order chi connectivity index (χ1) is 23.4. The number of cyclic esters (lactones) is 1. The largest absolute Gasteiger partial charge is 0.457 e. The van der Waals surface area contributed by atoms with E-state index in [1.165, 1.54) is 17.4 Å². The summed E-state index contributed by atoms with van der Waals surface area (Å²) in [7, 11) is -4.37. The van der Waals surface area contributed by atoms with Crippen LogP contribution in [0.3, 0.4) is 0 Å². The number of carbonyl (C=O) groups is 2. The Balaban J connectivity index is 2.55. The molecule has 0 spiro atoms. The molecule has 1 aliphatic heterocycles. The van der Waals surface area contributed by atoms with Crippen LogP contribution in [0.1, 0.15) is 113 Å². The highest BCUT2D eigenvalue weighted by molar-refractivity contribution is 7.09. The van der Waals surface area contributed by atoms with E-state index in [0.29, 0.717) is 17.9 Å². The highest BCUT2D eigenvalue weighted by Gasteiger charge is 2.46. The number of hydrogen-bond acceptors (Lipinski definition) is 7. The molecule has 1 unspecified atom stereocenters. The minimum atomic E-state index is -4.59. The molecule has 0 saturated carbocycles. The van der Waals surface area contributed by atoms with E-state index in [4.69, 9.17) is 18.6 Å². The number of hydrogen-bond donors (Lipinski definition) is 0. The van der Waals surface area contributed by atoms with E-state index >= 15 is 0 Å². The first-order valence-electron chi connectivity index (χ1n) is 18.5. The average molecular weight is 786 g/mol. The Labute approximate surface area is 318 Å². The topological polar surface area (TPSA) is 74.7 Å². The summed E-state index contributed by atoms with van der Waals surface area (Å²) in [6, 6.07) is 0. The summed E-state index contributed by atoms with van der Waals surface area (Å²) in [6.45, 7) is 32.9. The van der Waals surface area contributed by atoms with Gasteiger partial charge in [-0.05, 0) is 73.1 Å². The number of aromatic nitrogens is 1. The van der Waals surface area contributed by atoms with Crippen molar-refractivity contribution < 1.29 is 36.3 Å². The van der Waals surface area contributed by atoms with Crippen LogP contribution in [0.4, 0.5) is 13.2 Å². The Morgan fingerprint density at radius 1 is 1.02 bits per heavy atom. The molecule has 1 aliphatic rings. The van der Waals surface area contributed by atoms with Crippen LogP contribution in [0.15, 0.2) is 34.8 Å². The summed E-state index contributed by atoms with van der Waals surface area (Å²) >= 11 is 1.45. The van der Waals surface area contributed by atoms with Gasteiger partial charge in [-0.15, -0.1) is 11.3 Å². The lowest BCUT2D eigenvalue weighted by atomic mass is 9.69. The lowest BCUT2D eigenvalue weighted by Gasteiger charge is -2.43. The maximum atomic E-state index is 14.4. The summed E-state index contributed by atoms with van der Waals surface area (Å²) in [6.07, 6.45) is -0.515. The summed E-state index contributed by atoms with van der Waals surface area (Å²) in [5, 5.41) is 2.57. The number of thiazole rings is 1. The van der Waals surface area contributed by atoms with Gasteiger partial charge < -0.3 is 13.6 Å². The molecule has 0 N–H and O–H groups in total. The van der Waals surface area contributed by atoms with Crippen molar-refractivity contribution in [1.82, 2.24) is 4.98 Å². The third-order valence-electron chi connectivity index (χ3n) is 11.8. The molecule has 2 rings (SSSR count). The maximum Gasteiger partial charge on any atom is 0.412 e. The Hall–Kier alpha value is -1.87. The molecule has 6 nitrogen and oxygen atoms in total. The number of Topliss-reactive ketones (excluding diaryl/α,β-unsaturated/α-hetero) is 1. The monoisotopic (exact) mass is 785 g/mol. The molecule has 0 radical (unpaired) electrons. The fourth-order valence-corrected chi connectivity index (χ4v) is 8.68. The second kappa shape index (κ2) is 17.3. The van der Waals surface area contributed by atoms with Gasteiger partial charge in [0.2, 0.25) is 0 Å². The Bertz CT molecular complexity index is 1480. The third kappa shape index (κ3) is 12.3. The van der Waals surface area contributed by atoms with Crippen LogP contribution in [0.25, 0.3) is 6.08 Å². The second-order valence-electron chi connectivity index (χ2n) is 18.4. The fraction of sp³-hybridized carbons (Fsp3) is 0.725. The smallest absolute Gasteiger partial charge is 0.412 e. The molecule has 12 heteroatoms. The summed E-state index contributed by atoms with van der Waals surface area (Å²) in [5.41, 5.74) is -0.432. The number of carbonyl (C=O) groups excluding carboxylic acids is 2. The molecular formula is C40H66F3NO5SSi2. The van der Waals surface area contributed by atoms with Gasteiger partial charge in [0.25, 0.3) is 0 Å². The van der Waals surface area contributed by atoms with Crippen molar-refractivity contribution in [1.29, 1.82) is 0 Å². The van der Waals surface area contributed by atoms with E-state index < -0.39 is 63.8 Å². The maximum absolute atomic E-state index is 14.4. The molecule has 0 amide bonds. The number of ketones is 1. The zero-order valence-corrected chi connectivity index (χ0v) is 37.4.